The summed E-state index contributed by atoms with van der Waals surface area (Å²) in [5.41, 5.74) is 1.67. The van der Waals surface area contributed by atoms with Crippen molar-refractivity contribution in [1.82, 2.24) is 10.6 Å². The quantitative estimate of drug-likeness (QED) is 0.824. The molecular weight excluding hydrogens is 270 g/mol. The van der Waals surface area contributed by atoms with Crippen LogP contribution < -0.4 is 15.5 Å². The monoisotopic (exact) mass is 287 g/mol. The van der Waals surface area contributed by atoms with Gasteiger partial charge in [0.05, 0.1) is 13.2 Å². The Morgan fingerprint density at radius 3 is 2.81 bits per heavy atom. The van der Waals surface area contributed by atoms with E-state index in [0.717, 1.165) is 11.3 Å². The highest BCUT2D eigenvalue weighted by Crippen LogP contribution is 2.16. The summed E-state index contributed by atoms with van der Waals surface area (Å²) in [5, 5.41) is 5.27. The number of carbonyl (C=O) groups is 2. The van der Waals surface area contributed by atoms with Gasteiger partial charge in [-0.25, -0.2) is 9.59 Å². The summed E-state index contributed by atoms with van der Waals surface area (Å²) in [7, 11) is 0. The van der Waals surface area contributed by atoms with Crippen molar-refractivity contribution in [2.24, 2.45) is 0 Å². The minimum absolute atomic E-state index is 0.0764. The van der Waals surface area contributed by atoms with E-state index in [1.54, 1.807) is 11.8 Å². The molecule has 3 amide bonds. The van der Waals surface area contributed by atoms with Gasteiger partial charge in [-0.2, -0.15) is 0 Å². The fourth-order valence-electron chi connectivity index (χ4n) is 1.89. The zero-order chi connectivity index (χ0) is 15.1. The molecule has 0 atom stereocenters. The van der Waals surface area contributed by atoms with Gasteiger partial charge in [-0.1, -0.05) is 11.8 Å². The first-order chi connectivity index (χ1) is 10.2. The van der Waals surface area contributed by atoms with Gasteiger partial charge >= 0.3 is 12.1 Å². The highest BCUT2D eigenvalue weighted by molar-refractivity contribution is 5.94. The van der Waals surface area contributed by atoms with Crippen molar-refractivity contribution in [3.8, 4) is 11.8 Å². The molecule has 2 N–H and O–H groups in total. The molecule has 1 saturated heterocycles. The van der Waals surface area contributed by atoms with E-state index in [1.807, 2.05) is 24.3 Å². The van der Waals surface area contributed by atoms with Crippen molar-refractivity contribution < 1.29 is 14.3 Å². The maximum Gasteiger partial charge on any atom is 0.407 e. The van der Waals surface area contributed by atoms with Gasteiger partial charge in [0.25, 0.3) is 0 Å². The Hall–Kier alpha value is -2.68. The van der Waals surface area contributed by atoms with Crippen LogP contribution in [0.25, 0.3) is 0 Å². The number of rotatable bonds is 3. The molecule has 0 unspecified atom stereocenters. The molecule has 1 aromatic carbocycles. The van der Waals surface area contributed by atoms with Crippen LogP contribution in [-0.2, 0) is 4.74 Å². The summed E-state index contributed by atoms with van der Waals surface area (Å²) in [5.74, 6) is 5.77. The number of hydrogen-bond donors (Lipinski definition) is 2. The molecule has 0 saturated carbocycles. The predicted molar refractivity (Wildman–Crippen MR) is 79.1 cm³/mol. The highest BCUT2D eigenvalue weighted by Gasteiger charge is 2.20. The highest BCUT2D eigenvalue weighted by atomic mass is 16.5. The van der Waals surface area contributed by atoms with Gasteiger partial charge in [-0.15, -0.1) is 0 Å². The molecule has 2 rings (SSSR count). The second-order valence-electron chi connectivity index (χ2n) is 4.31. The minimum Gasteiger partial charge on any atom is -0.450 e. The molecule has 1 fully saturated rings. The number of hydrogen-bond acceptors (Lipinski definition) is 3. The number of nitrogens with zero attached hydrogens (tertiary/aromatic N) is 1. The number of carbonyl (C=O) groups excluding carboxylic acids is 2. The Balaban J connectivity index is 1.88. The molecule has 21 heavy (non-hydrogen) atoms. The van der Waals surface area contributed by atoms with Gasteiger partial charge in [-0.05, 0) is 31.2 Å². The average Bonchev–Trinajstić information content (AvgIpc) is 2.91. The second-order valence-corrected chi connectivity index (χ2v) is 4.31. The molecule has 1 aliphatic rings. The Bertz CT molecular complexity index is 572. The minimum atomic E-state index is -0.470. The Morgan fingerprint density at radius 1 is 1.43 bits per heavy atom. The fourth-order valence-corrected chi connectivity index (χ4v) is 1.89. The maximum absolute atomic E-state index is 11.5. The molecule has 0 aliphatic carbocycles. The van der Waals surface area contributed by atoms with Gasteiger partial charge in [0.15, 0.2) is 0 Å². The standard InChI is InChI=1S/C15H17N3O3/c1-2-21-15(20)17-9-3-4-12-5-7-13(8-6-12)18-11-10-16-14(18)19/h5-8H,2,9-11H2,1H3,(H,16,19)(H,17,20). The lowest BCUT2D eigenvalue weighted by Crippen LogP contribution is -2.27. The van der Waals surface area contributed by atoms with E-state index in [4.69, 9.17) is 4.74 Å². The molecular formula is C15H17N3O3. The van der Waals surface area contributed by atoms with Crippen molar-refractivity contribution >= 4 is 17.8 Å². The molecule has 0 bridgehead atoms. The topological polar surface area (TPSA) is 70.7 Å². The molecule has 1 aromatic rings. The van der Waals surface area contributed by atoms with Gasteiger partial charge in [0, 0.05) is 24.3 Å². The summed E-state index contributed by atoms with van der Waals surface area (Å²) in [4.78, 5) is 24.2. The number of anilines is 1. The van der Waals surface area contributed by atoms with Crippen LogP contribution in [0.2, 0.25) is 0 Å². The summed E-state index contributed by atoms with van der Waals surface area (Å²) >= 11 is 0. The average molecular weight is 287 g/mol. The third-order valence-electron chi connectivity index (χ3n) is 2.87. The maximum atomic E-state index is 11.5. The van der Waals surface area contributed by atoms with Crippen LogP contribution in [0.1, 0.15) is 12.5 Å². The zero-order valence-electron chi connectivity index (χ0n) is 11.8. The molecule has 0 spiro atoms. The van der Waals surface area contributed by atoms with E-state index < -0.39 is 6.09 Å². The first kappa shape index (κ1) is 14.7. The summed E-state index contributed by atoms with van der Waals surface area (Å²) < 4.78 is 4.72. The summed E-state index contributed by atoms with van der Waals surface area (Å²) in [6.45, 7) is 3.65. The van der Waals surface area contributed by atoms with E-state index in [9.17, 15) is 9.59 Å². The van der Waals surface area contributed by atoms with E-state index in [2.05, 4.69) is 22.5 Å². The van der Waals surface area contributed by atoms with E-state index in [-0.39, 0.29) is 12.6 Å². The molecule has 0 radical (unpaired) electrons. The number of nitrogens with one attached hydrogen (secondary N) is 2. The number of benzene rings is 1. The van der Waals surface area contributed by atoms with Crippen LogP contribution in [0, 0.1) is 11.8 Å². The number of amides is 3. The van der Waals surface area contributed by atoms with Crippen LogP contribution in [0.15, 0.2) is 24.3 Å². The normalized spacial score (nSPS) is 13.2. The van der Waals surface area contributed by atoms with Crippen molar-refractivity contribution in [3.05, 3.63) is 29.8 Å². The van der Waals surface area contributed by atoms with E-state index in [0.29, 0.717) is 19.7 Å². The third kappa shape index (κ3) is 4.14. The molecule has 110 valence electrons. The Labute approximate surface area is 123 Å². The van der Waals surface area contributed by atoms with Gasteiger partial charge in [0.2, 0.25) is 0 Å². The zero-order valence-corrected chi connectivity index (χ0v) is 11.8. The summed E-state index contributed by atoms with van der Waals surface area (Å²) in [6.07, 6.45) is -0.470. The van der Waals surface area contributed by atoms with Crippen LogP contribution >= 0.6 is 0 Å². The Kier molecular flexibility index (Phi) is 5.04. The molecule has 0 aromatic heterocycles. The van der Waals surface area contributed by atoms with E-state index in [1.165, 1.54) is 0 Å². The lowest BCUT2D eigenvalue weighted by Gasteiger charge is -2.13. The molecule has 1 heterocycles. The van der Waals surface area contributed by atoms with Gasteiger partial charge < -0.3 is 15.4 Å². The molecule has 6 nitrogen and oxygen atoms in total. The SMILES string of the molecule is CCOC(=O)NCC#Cc1ccc(N2CCNC2=O)cc1. The Morgan fingerprint density at radius 2 is 2.19 bits per heavy atom. The van der Waals surface area contributed by atoms with Crippen LogP contribution in [-0.4, -0.2) is 38.4 Å². The largest absolute Gasteiger partial charge is 0.450 e. The van der Waals surface area contributed by atoms with Crippen LogP contribution in [0.4, 0.5) is 15.3 Å². The first-order valence-electron chi connectivity index (χ1n) is 6.75. The third-order valence-corrected chi connectivity index (χ3v) is 2.87. The fraction of sp³-hybridized carbons (Fsp3) is 0.333. The summed E-state index contributed by atoms with van der Waals surface area (Å²) in [6, 6.07) is 7.32. The van der Waals surface area contributed by atoms with Crippen LogP contribution in [0.3, 0.4) is 0 Å². The van der Waals surface area contributed by atoms with Gasteiger partial charge in [-0.3, -0.25) is 4.90 Å². The van der Waals surface area contributed by atoms with Gasteiger partial charge in [0.1, 0.15) is 0 Å². The second kappa shape index (κ2) is 7.20. The first-order valence-corrected chi connectivity index (χ1v) is 6.75. The lowest BCUT2D eigenvalue weighted by atomic mass is 10.2. The van der Waals surface area contributed by atoms with Crippen molar-refractivity contribution in [2.75, 3.05) is 31.1 Å². The predicted octanol–water partition coefficient (Wildman–Crippen LogP) is 1.31. The van der Waals surface area contributed by atoms with Crippen molar-refractivity contribution in [3.63, 3.8) is 0 Å². The number of alkyl carbamates (subject to hydrolysis) is 1. The number of ether oxygens (including phenoxy) is 1. The number of urea groups is 1. The van der Waals surface area contributed by atoms with Crippen molar-refractivity contribution in [1.29, 1.82) is 0 Å². The molecule has 1 aliphatic heterocycles. The van der Waals surface area contributed by atoms with E-state index >= 15 is 0 Å². The smallest absolute Gasteiger partial charge is 0.407 e. The lowest BCUT2D eigenvalue weighted by molar-refractivity contribution is 0.153. The van der Waals surface area contributed by atoms with Crippen LogP contribution in [0.5, 0.6) is 0 Å². The molecule has 6 heteroatoms. The van der Waals surface area contributed by atoms with Crippen molar-refractivity contribution in [2.45, 2.75) is 6.92 Å².